The van der Waals surface area contributed by atoms with E-state index < -0.39 is 11.9 Å². The molecule has 7 nitrogen and oxygen atoms in total. The summed E-state index contributed by atoms with van der Waals surface area (Å²) in [4.78, 5) is 23.7. The maximum absolute atomic E-state index is 12.7. The molecule has 0 saturated heterocycles. The second kappa shape index (κ2) is 8.76. The molecule has 10 heteroatoms. The summed E-state index contributed by atoms with van der Waals surface area (Å²) in [6, 6.07) is 8.55. The maximum atomic E-state index is 12.7. The number of aromatic nitrogens is 3. The van der Waals surface area contributed by atoms with Crippen LogP contribution in [0.1, 0.15) is 17.1 Å². The van der Waals surface area contributed by atoms with Gasteiger partial charge in [0.1, 0.15) is 23.0 Å². The van der Waals surface area contributed by atoms with Crippen LogP contribution < -0.4 is 14.8 Å². The SMILES string of the molecule is COc1cnc(C)nc1NC(=O)Cc1ccc(Oc2ccnc(C(F)(F)F)c2)cc1. The molecule has 0 atom stereocenters. The summed E-state index contributed by atoms with van der Waals surface area (Å²) in [5.74, 6) is 1.11. The van der Waals surface area contributed by atoms with E-state index >= 15 is 0 Å². The number of anilines is 1. The van der Waals surface area contributed by atoms with Crippen LogP contribution in [0.25, 0.3) is 0 Å². The lowest BCUT2D eigenvalue weighted by atomic mass is 10.1. The molecule has 0 bridgehead atoms. The Balaban J connectivity index is 1.64. The summed E-state index contributed by atoms with van der Waals surface area (Å²) < 4.78 is 48.8. The van der Waals surface area contributed by atoms with Gasteiger partial charge in [-0.25, -0.2) is 9.97 Å². The van der Waals surface area contributed by atoms with E-state index in [1.54, 1.807) is 31.2 Å². The number of benzene rings is 1. The van der Waals surface area contributed by atoms with Crippen LogP contribution in [-0.4, -0.2) is 28.0 Å². The van der Waals surface area contributed by atoms with Gasteiger partial charge >= 0.3 is 6.18 Å². The molecular weight excluding hydrogens is 401 g/mol. The highest BCUT2D eigenvalue weighted by atomic mass is 19.4. The minimum absolute atomic E-state index is 0.00837. The van der Waals surface area contributed by atoms with Crippen molar-refractivity contribution in [3.63, 3.8) is 0 Å². The number of rotatable bonds is 6. The van der Waals surface area contributed by atoms with E-state index in [0.717, 1.165) is 12.3 Å². The molecule has 0 aliphatic carbocycles. The summed E-state index contributed by atoms with van der Waals surface area (Å²) >= 11 is 0. The minimum Gasteiger partial charge on any atom is -0.491 e. The Bertz CT molecular complexity index is 1040. The number of halogens is 3. The van der Waals surface area contributed by atoms with Crippen LogP contribution in [0.2, 0.25) is 0 Å². The first-order valence-corrected chi connectivity index (χ1v) is 8.72. The van der Waals surface area contributed by atoms with Crippen LogP contribution in [0.3, 0.4) is 0 Å². The molecule has 1 aromatic carbocycles. The summed E-state index contributed by atoms with van der Waals surface area (Å²) in [6.07, 6.45) is -2.01. The number of pyridine rings is 1. The number of ether oxygens (including phenoxy) is 2. The molecule has 156 valence electrons. The van der Waals surface area contributed by atoms with Gasteiger partial charge in [0.05, 0.1) is 19.7 Å². The van der Waals surface area contributed by atoms with Crippen LogP contribution >= 0.6 is 0 Å². The third kappa shape index (κ3) is 5.43. The van der Waals surface area contributed by atoms with E-state index in [1.807, 2.05) is 0 Å². The number of alkyl halides is 3. The van der Waals surface area contributed by atoms with Crippen LogP contribution in [0, 0.1) is 6.92 Å². The predicted molar refractivity (Wildman–Crippen MR) is 101 cm³/mol. The van der Waals surface area contributed by atoms with Crippen LogP contribution in [-0.2, 0) is 17.4 Å². The second-order valence-corrected chi connectivity index (χ2v) is 6.18. The lowest BCUT2D eigenvalue weighted by molar-refractivity contribution is -0.141. The number of carbonyl (C=O) groups is 1. The first-order valence-electron chi connectivity index (χ1n) is 8.72. The number of methoxy groups -OCH3 is 1. The van der Waals surface area contributed by atoms with Crippen LogP contribution in [0.5, 0.6) is 17.2 Å². The molecule has 0 radical (unpaired) electrons. The lowest BCUT2D eigenvalue weighted by Crippen LogP contribution is -2.16. The molecular formula is C20H17F3N4O3. The highest BCUT2D eigenvalue weighted by molar-refractivity contribution is 5.92. The van der Waals surface area contributed by atoms with Gasteiger partial charge in [-0.05, 0) is 30.7 Å². The lowest BCUT2D eigenvalue weighted by Gasteiger charge is -2.10. The Kier molecular flexibility index (Phi) is 6.14. The number of carbonyl (C=O) groups excluding carboxylic acids is 1. The molecule has 2 aromatic heterocycles. The fraction of sp³-hybridized carbons (Fsp3) is 0.200. The highest BCUT2D eigenvalue weighted by Gasteiger charge is 2.32. The van der Waals surface area contributed by atoms with E-state index in [2.05, 4.69) is 20.3 Å². The Morgan fingerprint density at radius 2 is 1.83 bits per heavy atom. The average molecular weight is 418 g/mol. The third-order valence-corrected chi connectivity index (χ3v) is 3.90. The van der Waals surface area contributed by atoms with Crippen molar-refractivity contribution in [2.45, 2.75) is 19.5 Å². The van der Waals surface area contributed by atoms with Crippen LogP contribution in [0.15, 0.2) is 48.8 Å². The predicted octanol–water partition coefficient (Wildman–Crippen LogP) is 4.18. The Hall–Kier alpha value is -3.69. The van der Waals surface area contributed by atoms with E-state index in [4.69, 9.17) is 9.47 Å². The Labute approximate surface area is 169 Å². The van der Waals surface area contributed by atoms with Crippen molar-refractivity contribution in [1.29, 1.82) is 0 Å². The molecule has 0 saturated carbocycles. The third-order valence-electron chi connectivity index (χ3n) is 3.90. The van der Waals surface area contributed by atoms with Crippen molar-refractivity contribution in [1.82, 2.24) is 15.0 Å². The fourth-order valence-electron chi connectivity index (χ4n) is 2.50. The summed E-state index contributed by atoms with van der Waals surface area (Å²) in [5.41, 5.74) is -0.362. The van der Waals surface area contributed by atoms with E-state index in [-0.39, 0.29) is 23.9 Å². The van der Waals surface area contributed by atoms with Crippen molar-refractivity contribution >= 4 is 11.7 Å². The fourth-order valence-corrected chi connectivity index (χ4v) is 2.50. The number of hydrogen-bond acceptors (Lipinski definition) is 6. The second-order valence-electron chi connectivity index (χ2n) is 6.18. The molecule has 30 heavy (non-hydrogen) atoms. The molecule has 0 fully saturated rings. The Morgan fingerprint density at radius 1 is 1.10 bits per heavy atom. The standard InChI is InChI=1S/C20H17F3N4O3/c1-12-25-11-16(29-2)19(26-12)27-18(28)9-13-3-5-14(6-4-13)30-15-7-8-24-17(10-15)20(21,22)23/h3-8,10-11H,9H2,1-2H3,(H,25,26,27,28). The average Bonchev–Trinajstić information content (AvgIpc) is 2.69. The molecule has 0 aliphatic rings. The van der Waals surface area contributed by atoms with Gasteiger partial charge in [-0.3, -0.25) is 9.78 Å². The van der Waals surface area contributed by atoms with Gasteiger partial charge < -0.3 is 14.8 Å². The van der Waals surface area contributed by atoms with Gasteiger partial charge in [0.2, 0.25) is 5.91 Å². The number of nitrogens with one attached hydrogen (secondary N) is 1. The molecule has 0 unspecified atom stereocenters. The van der Waals surface area contributed by atoms with Crippen molar-refractivity contribution in [3.05, 3.63) is 65.9 Å². The molecule has 1 amide bonds. The van der Waals surface area contributed by atoms with Crippen molar-refractivity contribution in [2.75, 3.05) is 12.4 Å². The zero-order valence-electron chi connectivity index (χ0n) is 16.0. The summed E-state index contributed by atoms with van der Waals surface area (Å²) in [6.45, 7) is 1.69. The van der Waals surface area contributed by atoms with Gasteiger partial charge in [-0.2, -0.15) is 13.2 Å². The van der Waals surface area contributed by atoms with Crippen molar-refractivity contribution in [2.24, 2.45) is 0 Å². The minimum atomic E-state index is -4.55. The largest absolute Gasteiger partial charge is 0.491 e. The van der Waals surface area contributed by atoms with E-state index in [9.17, 15) is 18.0 Å². The molecule has 0 aliphatic heterocycles. The Morgan fingerprint density at radius 3 is 2.50 bits per heavy atom. The summed E-state index contributed by atoms with van der Waals surface area (Å²) in [5, 5.41) is 2.67. The zero-order valence-corrected chi connectivity index (χ0v) is 16.0. The maximum Gasteiger partial charge on any atom is 0.433 e. The smallest absolute Gasteiger partial charge is 0.433 e. The number of amides is 1. The number of hydrogen-bond donors (Lipinski definition) is 1. The highest BCUT2D eigenvalue weighted by Crippen LogP contribution is 2.31. The molecule has 3 rings (SSSR count). The molecule has 2 heterocycles. The van der Waals surface area contributed by atoms with Gasteiger partial charge in [0.25, 0.3) is 0 Å². The van der Waals surface area contributed by atoms with Gasteiger partial charge in [-0.1, -0.05) is 12.1 Å². The van der Waals surface area contributed by atoms with Gasteiger partial charge in [0, 0.05) is 12.3 Å². The number of nitrogens with zero attached hydrogens (tertiary/aromatic N) is 3. The molecule has 0 spiro atoms. The van der Waals surface area contributed by atoms with E-state index in [1.165, 1.54) is 19.4 Å². The monoisotopic (exact) mass is 418 g/mol. The van der Waals surface area contributed by atoms with E-state index in [0.29, 0.717) is 22.9 Å². The molecule has 3 aromatic rings. The van der Waals surface area contributed by atoms with Crippen LogP contribution in [0.4, 0.5) is 19.0 Å². The van der Waals surface area contributed by atoms with Crippen molar-refractivity contribution < 1.29 is 27.4 Å². The quantitative estimate of drug-likeness (QED) is 0.646. The first kappa shape index (κ1) is 21.0. The molecule has 1 N–H and O–H groups in total. The zero-order chi connectivity index (χ0) is 21.7. The van der Waals surface area contributed by atoms with Crippen molar-refractivity contribution in [3.8, 4) is 17.2 Å². The topological polar surface area (TPSA) is 86.2 Å². The summed E-state index contributed by atoms with van der Waals surface area (Å²) in [7, 11) is 1.45. The van der Waals surface area contributed by atoms with Gasteiger partial charge in [0.15, 0.2) is 11.6 Å². The first-order chi connectivity index (χ1) is 14.2. The number of aryl methyl sites for hydroxylation is 1. The van der Waals surface area contributed by atoms with Gasteiger partial charge in [-0.15, -0.1) is 0 Å². The normalized spacial score (nSPS) is 11.1.